The number of thiazole rings is 1. The Morgan fingerprint density at radius 1 is 1.23 bits per heavy atom. The van der Waals surface area contributed by atoms with Crippen LogP contribution < -0.4 is 10.2 Å². The minimum Gasteiger partial charge on any atom is -0.486 e. The first-order valence-electron chi connectivity index (χ1n) is 9.09. The number of hydrazone groups is 1. The maximum atomic E-state index is 13.6. The van der Waals surface area contributed by atoms with Crippen molar-refractivity contribution in [2.24, 2.45) is 5.10 Å². The molecule has 0 unspecified atom stereocenters. The smallest absolute Gasteiger partial charge is 0.311 e. The van der Waals surface area contributed by atoms with Crippen molar-refractivity contribution < 1.29 is 23.0 Å². The fourth-order valence-electron chi connectivity index (χ4n) is 2.41. The van der Waals surface area contributed by atoms with Crippen LogP contribution in [0.2, 0.25) is 0 Å². The Balaban J connectivity index is 1.49. The highest BCUT2D eigenvalue weighted by atomic mass is 32.1. The van der Waals surface area contributed by atoms with Gasteiger partial charge in [-0.3, -0.25) is 10.2 Å². The van der Waals surface area contributed by atoms with Crippen LogP contribution in [-0.2, 0) is 22.6 Å². The molecule has 0 aliphatic heterocycles. The molecule has 0 fully saturated rings. The summed E-state index contributed by atoms with van der Waals surface area (Å²) in [6.45, 7) is 2.20. The molecule has 0 saturated heterocycles. The number of carbonyl (C=O) groups is 1. The lowest BCUT2D eigenvalue weighted by Crippen LogP contribution is -2.07. The second-order valence-electron chi connectivity index (χ2n) is 6.10. The van der Waals surface area contributed by atoms with Crippen LogP contribution >= 0.6 is 11.3 Å². The Bertz CT molecular complexity index is 1020. The van der Waals surface area contributed by atoms with E-state index >= 15 is 0 Å². The predicted octanol–water partition coefficient (Wildman–Crippen LogP) is 4.55. The number of esters is 1. The number of aromatic nitrogens is 1. The first-order chi connectivity index (χ1) is 14.5. The van der Waals surface area contributed by atoms with E-state index in [0.717, 1.165) is 29.3 Å². The summed E-state index contributed by atoms with van der Waals surface area (Å²) in [7, 11) is 0. The fraction of sp³-hybridized carbons (Fsp3) is 0.190. The van der Waals surface area contributed by atoms with Gasteiger partial charge in [-0.15, -0.1) is 11.3 Å². The van der Waals surface area contributed by atoms with Gasteiger partial charge >= 0.3 is 5.97 Å². The van der Waals surface area contributed by atoms with Crippen molar-refractivity contribution in [2.75, 3.05) is 12.0 Å². The summed E-state index contributed by atoms with van der Waals surface area (Å²) >= 11 is 1.34. The molecule has 3 aromatic rings. The van der Waals surface area contributed by atoms with Crippen molar-refractivity contribution in [1.29, 1.82) is 0 Å². The molecule has 0 amide bonds. The number of rotatable bonds is 9. The maximum absolute atomic E-state index is 13.6. The Labute approximate surface area is 176 Å². The summed E-state index contributed by atoms with van der Waals surface area (Å²) in [4.78, 5) is 15.7. The van der Waals surface area contributed by atoms with Crippen molar-refractivity contribution in [3.05, 3.63) is 76.3 Å². The van der Waals surface area contributed by atoms with Crippen LogP contribution in [0.3, 0.4) is 0 Å². The maximum Gasteiger partial charge on any atom is 0.311 e. The molecule has 0 radical (unpaired) electrons. The van der Waals surface area contributed by atoms with Gasteiger partial charge in [0.05, 0.1) is 24.9 Å². The number of nitrogens with zero attached hydrogens (tertiary/aromatic N) is 2. The average molecular weight is 431 g/mol. The van der Waals surface area contributed by atoms with Crippen LogP contribution in [-0.4, -0.2) is 23.8 Å². The molecular formula is C21H19F2N3O3S. The van der Waals surface area contributed by atoms with E-state index < -0.39 is 11.6 Å². The second kappa shape index (κ2) is 10.4. The minimum absolute atomic E-state index is 0.110. The molecule has 2 aromatic carbocycles. The fourth-order valence-corrected chi connectivity index (χ4v) is 3.07. The molecule has 1 aromatic heterocycles. The van der Waals surface area contributed by atoms with E-state index in [1.165, 1.54) is 11.3 Å². The van der Waals surface area contributed by atoms with Gasteiger partial charge in [0.1, 0.15) is 12.4 Å². The number of anilines is 1. The topological polar surface area (TPSA) is 72.8 Å². The standard InChI is InChI=1S/C21H19F2N3O3S/c1-2-28-20(27)10-17-13-30-21(25-17)26-24-11-14-3-5-15(6-4-14)12-29-19-9-16(22)7-8-18(19)23/h3-9,11,13H,2,10,12H2,1H3,(H,25,26). The molecule has 0 aliphatic rings. The summed E-state index contributed by atoms with van der Waals surface area (Å²) in [6, 6.07) is 10.3. The van der Waals surface area contributed by atoms with E-state index in [2.05, 4.69) is 15.5 Å². The van der Waals surface area contributed by atoms with Gasteiger partial charge in [0.15, 0.2) is 11.6 Å². The lowest BCUT2D eigenvalue weighted by Gasteiger charge is -2.07. The zero-order valence-corrected chi connectivity index (χ0v) is 16.9. The Morgan fingerprint density at radius 2 is 2.03 bits per heavy atom. The molecule has 3 rings (SSSR count). The van der Waals surface area contributed by atoms with Crippen LogP contribution in [0, 0.1) is 11.6 Å². The molecule has 0 bridgehead atoms. The number of hydrogen-bond donors (Lipinski definition) is 1. The van der Waals surface area contributed by atoms with Crippen LogP contribution in [0.1, 0.15) is 23.7 Å². The Kier molecular flexibility index (Phi) is 7.45. The molecule has 0 saturated carbocycles. The highest BCUT2D eigenvalue weighted by molar-refractivity contribution is 7.13. The van der Waals surface area contributed by atoms with Gasteiger partial charge in [-0.05, 0) is 30.2 Å². The Hall–Kier alpha value is -3.33. The monoisotopic (exact) mass is 431 g/mol. The van der Waals surface area contributed by atoms with Crippen LogP contribution in [0.25, 0.3) is 0 Å². The molecule has 0 spiro atoms. The van der Waals surface area contributed by atoms with Crippen molar-refractivity contribution in [3.8, 4) is 5.75 Å². The minimum atomic E-state index is -0.612. The van der Waals surface area contributed by atoms with Crippen molar-refractivity contribution >= 4 is 28.7 Å². The molecule has 156 valence electrons. The van der Waals surface area contributed by atoms with Crippen molar-refractivity contribution in [2.45, 2.75) is 20.0 Å². The van der Waals surface area contributed by atoms with Gasteiger partial charge in [-0.1, -0.05) is 24.3 Å². The van der Waals surface area contributed by atoms with Gasteiger partial charge in [-0.25, -0.2) is 13.8 Å². The number of ether oxygens (including phenoxy) is 2. The molecule has 1 heterocycles. The molecule has 9 heteroatoms. The van der Waals surface area contributed by atoms with E-state index in [0.29, 0.717) is 17.4 Å². The molecule has 0 atom stereocenters. The average Bonchev–Trinajstić information content (AvgIpc) is 3.17. The van der Waals surface area contributed by atoms with E-state index in [-0.39, 0.29) is 24.7 Å². The number of halogens is 2. The zero-order chi connectivity index (χ0) is 21.3. The number of benzene rings is 2. The van der Waals surface area contributed by atoms with Crippen molar-refractivity contribution in [3.63, 3.8) is 0 Å². The summed E-state index contributed by atoms with van der Waals surface area (Å²) < 4.78 is 36.9. The third kappa shape index (κ3) is 6.35. The number of carbonyl (C=O) groups excluding carboxylic acids is 1. The van der Waals surface area contributed by atoms with Gasteiger partial charge in [0, 0.05) is 11.4 Å². The predicted molar refractivity (Wildman–Crippen MR) is 111 cm³/mol. The van der Waals surface area contributed by atoms with Gasteiger partial charge < -0.3 is 9.47 Å². The lowest BCUT2D eigenvalue weighted by molar-refractivity contribution is -0.142. The van der Waals surface area contributed by atoms with Crippen LogP contribution in [0.4, 0.5) is 13.9 Å². The third-order valence-corrected chi connectivity index (χ3v) is 4.62. The first-order valence-corrected chi connectivity index (χ1v) is 9.97. The highest BCUT2D eigenvalue weighted by Crippen LogP contribution is 2.19. The molecule has 0 aliphatic carbocycles. The van der Waals surface area contributed by atoms with Gasteiger partial charge in [-0.2, -0.15) is 5.10 Å². The van der Waals surface area contributed by atoms with E-state index in [1.807, 2.05) is 12.1 Å². The highest BCUT2D eigenvalue weighted by Gasteiger charge is 2.08. The molecule has 1 N–H and O–H groups in total. The Morgan fingerprint density at radius 3 is 2.80 bits per heavy atom. The van der Waals surface area contributed by atoms with Crippen LogP contribution in [0.5, 0.6) is 5.75 Å². The summed E-state index contributed by atoms with van der Waals surface area (Å²) in [6.07, 6.45) is 1.74. The number of hydrogen-bond acceptors (Lipinski definition) is 7. The molecule has 30 heavy (non-hydrogen) atoms. The summed E-state index contributed by atoms with van der Waals surface area (Å²) in [5.74, 6) is -1.62. The molecular weight excluding hydrogens is 412 g/mol. The SMILES string of the molecule is CCOC(=O)Cc1csc(NN=Cc2ccc(COc3cc(F)ccc3F)cc2)n1. The normalized spacial score (nSPS) is 10.9. The quantitative estimate of drug-likeness (QED) is 0.306. The van der Waals surface area contributed by atoms with E-state index in [9.17, 15) is 13.6 Å². The first kappa shape index (κ1) is 21.4. The molecule has 6 nitrogen and oxygen atoms in total. The van der Waals surface area contributed by atoms with Gasteiger partial charge in [0.25, 0.3) is 0 Å². The lowest BCUT2D eigenvalue weighted by atomic mass is 10.1. The van der Waals surface area contributed by atoms with Crippen molar-refractivity contribution in [1.82, 2.24) is 4.98 Å². The van der Waals surface area contributed by atoms with E-state index in [4.69, 9.17) is 9.47 Å². The number of nitrogens with one attached hydrogen (secondary N) is 1. The second-order valence-corrected chi connectivity index (χ2v) is 6.96. The third-order valence-electron chi connectivity index (χ3n) is 3.82. The van der Waals surface area contributed by atoms with Crippen LogP contribution in [0.15, 0.2) is 52.9 Å². The summed E-state index contributed by atoms with van der Waals surface area (Å²) in [5.41, 5.74) is 5.06. The summed E-state index contributed by atoms with van der Waals surface area (Å²) in [5, 5.41) is 6.45. The van der Waals surface area contributed by atoms with E-state index in [1.54, 1.807) is 30.7 Å². The van der Waals surface area contributed by atoms with Gasteiger partial charge in [0.2, 0.25) is 5.13 Å². The zero-order valence-electron chi connectivity index (χ0n) is 16.1. The largest absolute Gasteiger partial charge is 0.486 e.